The minimum Gasteiger partial charge on any atom is -0.466 e. The molecule has 1 aromatic carbocycles. The summed E-state index contributed by atoms with van der Waals surface area (Å²) in [6.07, 6.45) is 2.74. The van der Waals surface area contributed by atoms with Crippen molar-refractivity contribution in [2.45, 2.75) is 6.04 Å². The van der Waals surface area contributed by atoms with Gasteiger partial charge in [-0.25, -0.2) is 4.79 Å². The topological polar surface area (TPSA) is 88.0 Å². The molecular formula is C17H22N4O4. The van der Waals surface area contributed by atoms with Crippen LogP contribution in [0.1, 0.15) is 5.56 Å². The first-order chi connectivity index (χ1) is 12.1. The Kier molecular flexibility index (Phi) is 5.30. The van der Waals surface area contributed by atoms with Gasteiger partial charge in [-0.15, -0.1) is 0 Å². The zero-order valence-electron chi connectivity index (χ0n) is 14.2. The molecule has 3 aliphatic rings. The van der Waals surface area contributed by atoms with Gasteiger partial charge in [0.25, 0.3) is 5.69 Å². The van der Waals surface area contributed by atoms with Crippen molar-refractivity contribution in [3.05, 3.63) is 40.0 Å². The fourth-order valence-corrected chi connectivity index (χ4v) is 3.33. The largest absolute Gasteiger partial charge is 0.466 e. The van der Waals surface area contributed by atoms with Crippen molar-refractivity contribution in [2.24, 2.45) is 0 Å². The molecule has 134 valence electrons. The number of methoxy groups -OCH3 is 1. The van der Waals surface area contributed by atoms with Crippen molar-refractivity contribution in [1.29, 1.82) is 0 Å². The number of nitrogens with zero attached hydrogens (tertiary/aromatic N) is 3. The summed E-state index contributed by atoms with van der Waals surface area (Å²) >= 11 is 0. The van der Waals surface area contributed by atoms with Crippen LogP contribution in [0.2, 0.25) is 0 Å². The molecule has 1 N–H and O–H groups in total. The van der Waals surface area contributed by atoms with Gasteiger partial charge in [-0.2, -0.15) is 0 Å². The van der Waals surface area contributed by atoms with E-state index in [2.05, 4.69) is 19.9 Å². The summed E-state index contributed by atoms with van der Waals surface area (Å²) < 4.78 is 4.52. The molecule has 4 rings (SSSR count). The van der Waals surface area contributed by atoms with Crippen LogP contribution in [0, 0.1) is 10.1 Å². The van der Waals surface area contributed by atoms with E-state index in [1.165, 1.54) is 25.3 Å². The maximum Gasteiger partial charge on any atom is 0.330 e. The van der Waals surface area contributed by atoms with E-state index in [0.29, 0.717) is 23.8 Å². The van der Waals surface area contributed by atoms with Gasteiger partial charge in [0.2, 0.25) is 0 Å². The number of nitro benzene ring substituents is 1. The number of benzene rings is 1. The lowest BCUT2D eigenvalue weighted by molar-refractivity contribution is -0.384. The van der Waals surface area contributed by atoms with E-state index in [9.17, 15) is 14.9 Å². The van der Waals surface area contributed by atoms with Crippen molar-refractivity contribution < 1.29 is 14.5 Å². The molecule has 8 nitrogen and oxygen atoms in total. The SMILES string of the molecule is COC(=O)/C=C/c1ccc(NCC2CN3CCN2CC3)c([N+](=O)[O-])c1. The van der Waals surface area contributed by atoms with Crippen LogP contribution >= 0.6 is 0 Å². The van der Waals surface area contributed by atoms with Crippen LogP contribution in [-0.2, 0) is 9.53 Å². The first kappa shape index (κ1) is 17.4. The second kappa shape index (κ2) is 7.62. The molecule has 1 unspecified atom stereocenters. The Hall–Kier alpha value is -2.45. The molecule has 8 heteroatoms. The molecule has 0 radical (unpaired) electrons. The Bertz CT molecular complexity index is 683. The zero-order chi connectivity index (χ0) is 17.8. The Morgan fingerprint density at radius 1 is 1.40 bits per heavy atom. The van der Waals surface area contributed by atoms with Gasteiger partial charge in [0, 0.05) is 57.5 Å². The molecule has 0 aromatic heterocycles. The number of nitro groups is 1. The molecular weight excluding hydrogens is 324 g/mol. The summed E-state index contributed by atoms with van der Waals surface area (Å²) in [5, 5.41) is 14.6. The molecule has 3 heterocycles. The highest BCUT2D eigenvalue weighted by Crippen LogP contribution is 2.27. The monoisotopic (exact) mass is 346 g/mol. The Labute approximate surface area is 146 Å². The van der Waals surface area contributed by atoms with Crippen LogP contribution in [0.25, 0.3) is 6.08 Å². The summed E-state index contributed by atoms with van der Waals surface area (Å²) in [6.45, 7) is 6.02. The average Bonchev–Trinajstić information content (AvgIpc) is 2.65. The van der Waals surface area contributed by atoms with E-state index in [1.807, 2.05) is 0 Å². The Morgan fingerprint density at radius 2 is 2.16 bits per heavy atom. The highest BCUT2D eigenvalue weighted by molar-refractivity contribution is 5.87. The molecule has 25 heavy (non-hydrogen) atoms. The standard InChI is InChI=1S/C17H22N4O4/c1-25-17(22)5-3-13-2-4-15(16(10-13)21(23)24)18-11-14-12-19-6-8-20(14)9-7-19/h2-5,10,14,18H,6-9,11-12H2,1H3/b5-3+. The van der Waals surface area contributed by atoms with E-state index in [1.54, 1.807) is 12.1 Å². The third-order valence-corrected chi connectivity index (χ3v) is 4.75. The van der Waals surface area contributed by atoms with Gasteiger partial charge in [0.15, 0.2) is 0 Å². The maximum atomic E-state index is 11.4. The minimum absolute atomic E-state index is 0.00305. The zero-order valence-corrected chi connectivity index (χ0v) is 14.2. The number of rotatable bonds is 6. The molecule has 3 fully saturated rings. The van der Waals surface area contributed by atoms with Gasteiger partial charge >= 0.3 is 5.97 Å². The summed E-state index contributed by atoms with van der Waals surface area (Å²) in [7, 11) is 1.28. The highest BCUT2D eigenvalue weighted by atomic mass is 16.6. The van der Waals surface area contributed by atoms with Gasteiger partial charge < -0.3 is 10.1 Å². The normalized spacial score (nSPS) is 25.1. The van der Waals surface area contributed by atoms with Crippen LogP contribution < -0.4 is 5.32 Å². The lowest BCUT2D eigenvalue weighted by atomic mass is 10.1. The number of esters is 1. The van der Waals surface area contributed by atoms with E-state index in [0.717, 1.165) is 32.7 Å². The van der Waals surface area contributed by atoms with Gasteiger partial charge in [0.05, 0.1) is 12.0 Å². The van der Waals surface area contributed by atoms with Crippen LogP contribution in [0.5, 0.6) is 0 Å². The Balaban J connectivity index is 1.69. The van der Waals surface area contributed by atoms with E-state index in [4.69, 9.17) is 0 Å². The number of carbonyl (C=O) groups is 1. The summed E-state index contributed by atoms with van der Waals surface area (Å²) in [5.41, 5.74) is 1.08. The first-order valence-electron chi connectivity index (χ1n) is 8.31. The van der Waals surface area contributed by atoms with Crippen molar-refractivity contribution in [3.8, 4) is 0 Å². The van der Waals surface area contributed by atoms with Gasteiger partial charge in [0.1, 0.15) is 5.69 Å². The fourth-order valence-electron chi connectivity index (χ4n) is 3.33. The Morgan fingerprint density at radius 3 is 2.76 bits per heavy atom. The van der Waals surface area contributed by atoms with Gasteiger partial charge in [-0.1, -0.05) is 6.07 Å². The number of hydrogen-bond acceptors (Lipinski definition) is 7. The maximum absolute atomic E-state index is 11.4. The van der Waals surface area contributed by atoms with Crippen LogP contribution in [0.3, 0.4) is 0 Å². The second-order valence-electron chi connectivity index (χ2n) is 6.26. The molecule has 0 spiro atoms. The molecule has 2 bridgehead atoms. The van der Waals surface area contributed by atoms with Gasteiger partial charge in [-0.05, 0) is 17.7 Å². The smallest absolute Gasteiger partial charge is 0.330 e. The molecule has 1 atom stereocenters. The molecule has 3 aliphatic heterocycles. The number of fused-ring (bicyclic) bond motifs is 3. The molecule has 0 amide bonds. The predicted octanol–water partition coefficient (Wildman–Crippen LogP) is 1.19. The van der Waals surface area contributed by atoms with E-state index in [-0.39, 0.29) is 5.69 Å². The fraction of sp³-hybridized carbons (Fsp3) is 0.471. The number of ether oxygens (including phenoxy) is 1. The van der Waals surface area contributed by atoms with E-state index >= 15 is 0 Å². The molecule has 3 saturated heterocycles. The third kappa shape index (κ3) is 4.15. The summed E-state index contributed by atoms with van der Waals surface area (Å²) in [5.74, 6) is -0.499. The molecule has 0 aliphatic carbocycles. The quantitative estimate of drug-likeness (QED) is 0.358. The number of carbonyl (C=O) groups excluding carboxylic acids is 1. The number of nitrogens with one attached hydrogen (secondary N) is 1. The second-order valence-corrected chi connectivity index (χ2v) is 6.26. The van der Waals surface area contributed by atoms with Crippen LogP contribution in [0.15, 0.2) is 24.3 Å². The number of anilines is 1. The number of hydrogen-bond donors (Lipinski definition) is 1. The van der Waals surface area contributed by atoms with Crippen LogP contribution in [-0.4, -0.2) is 73.1 Å². The minimum atomic E-state index is -0.499. The molecule has 1 aromatic rings. The van der Waals surface area contributed by atoms with Gasteiger partial charge in [-0.3, -0.25) is 19.9 Å². The lowest BCUT2D eigenvalue weighted by Crippen LogP contribution is -2.62. The average molecular weight is 346 g/mol. The summed E-state index contributed by atoms with van der Waals surface area (Å²) in [4.78, 5) is 27.0. The summed E-state index contributed by atoms with van der Waals surface area (Å²) in [6, 6.07) is 5.26. The number of piperazine rings is 3. The van der Waals surface area contributed by atoms with Crippen molar-refractivity contribution >= 4 is 23.4 Å². The third-order valence-electron chi connectivity index (χ3n) is 4.75. The van der Waals surface area contributed by atoms with Crippen molar-refractivity contribution in [3.63, 3.8) is 0 Å². The van der Waals surface area contributed by atoms with E-state index < -0.39 is 10.9 Å². The molecule has 0 saturated carbocycles. The lowest BCUT2D eigenvalue weighted by Gasteiger charge is -2.47. The van der Waals surface area contributed by atoms with Crippen molar-refractivity contribution in [1.82, 2.24) is 9.80 Å². The highest BCUT2D eigenvalue weighted by Gasteiger charge is 2.31. The van der Waals surface area contributed by atoms with Crippen molar-refractivity contribution in [2.75, 3.05) is 51.7 Å². The predicted molar refractivity (Wildman–Crippen MR) is 94.4 cm³/mol. The van der Waals surface area contributed by atoms with Crippen LogP contribution in [0.4, 0.5) is 11.4 Å². The first-order valence-corrected chi connectivity index (χ1v) is 8.31.